The van der Waals surface area contributed by atoms with Crippen LogP contribution < -0.4 is 0 Å². The first-order chi connectivity index (χ1) is 17.8. The molecule has 0 spiro atoms. The first-order valence-electron chi connectivity index (χ1n) is 12.5. The number of rotatable bonds is 10. The van der Waals surface area contributed by atoms with E-state index in [0.29, 0.717) is 24.8 Å². The van der Waals surface area contributed by atoms with E-state index < -0.39 is 23.8 Å². The average molecular weight is 545 g/mol. The summed E-state index contributed by atoms with van der Waals surface area (Å²) in [4.78, 5) is 17.9. The fraction of sp³-hybridized carbons (Fsp3) is 0.400. The van der Waals surface area contributed by atoms with Gasteiger partial charge < -0.3 is 14.9 Å². The third kappa shape index (κ3) is 9.57. The number of benzene rings is 2. The molecule has 38 heavy (non-hydrogen) atoms. The molecule has 0 radical (unpaired) electrons. The van der Waals surface area contributed by atoms with Gasteiger partial charge in [-0.2, -0.15) is 0 Å². The Balaban J connectivity index is 0.000000538. The molecule has 2 N–H and O–H groups in total. The first-order valence-corrected chi connectivity index (χ1v) is 12.9. The second kappa shape index (κ2) is 14.5. The van der Waals surface area contributed by atoms with E-state index in [9.17, 15) is 15.0 Å². The maximum absolute atomic E-state index is 15.2. The fourth-order valence-electron chi connectivity index (χ4n) is 3.57. The van der Waals surface area contributed by atoms with Crippen molar-refractivity contribution in [2.24, 2.45) is 0 Å². The van der Waals surface area contributed by atoms with Crippen molar-refractivity contribution >= 4 is 17.9 Å². The van der Waals surface area contributed by atoms with Crippen LogP contribution >= 0.6 is 11.6 Å². The monoisotopic (exact) mass is 544 g/mol. The third-order valence-corrected chi connectivity index (χ3v) is 6.21. The van der Waals surface area contributed by atoms with E-state index in [-0.39, 0.29) is 17.7 Å². The summed E-state index contributed by atoms with van der Waals surface area (Å²) in [7, 11) is 1.74. The van der Waals surface area contributed by atoms with Gasteiger partial charge in [0, 0.05) is 28.9 Å². The molecule has 0 fully saturated rings. The van der Waals surface area contributed by atoms with Crippen LogP contribution in [0.3, 0.4) is 0 Å². The number of hydrogen-bond acceptors (Lipinski definition) is 6. The van der Waals surface area contributed by atoms with Crippen LogP contribution in [0.2, 0.25) is 5.02 Å². The molecule has 0 aliphatic rings. The number of aldehydes is 1. The summed E-state index contributed by atoms with van der Waals surface area (Å²) in [6.07, 6.45) is 1.15. The molecule has 8 heteroatoms. The molecule has 2 atom stereocenters. The molecule has 1 aromatic heterocycles. The Morgan fingerprint density at radius 3 is 2.26 bits per heavy atom. The van der Waals surface area contributed by atoms with E-state index in [4.69, 9.17) is 16.3 Å². The predicted molar refractivity (Wildman–Crippen MR) is 149 cm³/mol. The Morgan fingerprint density at radius 1 is 1.13 bits per heavy atom. The molecule has 2 aromatic carbocycles. The van der Waals surface area contributed by atoms with E-state index in [1.165, 1.54) is 31.5 Å². The van der Waals surface area contributed by atoms with Crippen LogP contribution in [0.1, 0.15) is 71.7 Å². The second-order valence-corrected chi connectivity index (χ2v) is 10.4. The molecule has 0 bridgehead atoms. The highest BCUT2D eigenvalue weighted by Gasteiger charge is 2.28. The predicted octanol–water partition coefficient (Wildman–Crippen LogP) is 6.14. The summed E-state index contributed by atoms with van der Waals surface area (Å²) >= 11 is 5.61. The molecule has 206 valence electrons. The largest absolute Gasteiger partial charge is 0.391 e. The smallest absolute Gasteiger partial charge is 0.150 e. The third-order valence-electron chi connectivity index (χ3n) is 5.95. The summed E-state index contributed by atoms with van der Waals surface area (Å²) in [5.41, 5.74) is 2.17. The zero-order chi connectivity index (χ0) is 28.5. The number of aliphatic hydroxyl groups is 2. The van der Waals surface area contributed by atoms with Gasteiger partial charge in [-0.25, -0.2) is 4.39 Å². The molecular formula is C30H38ClFN2O4. The van der Waals surface area contributed by atoms with Crippen molar-refractivity contribution in [2.75, 3.05) is 13.7 Å². The Labute approximate surface area is 230 Å². The number of carbonyl (C=O) groups is 1. The van der Waals surface area contributed by atoms with Crippen LogP contribution in [-0.2, 0) is 16.9 Å². The molecule has 0 saturated carbocycles. The SMILES string of the molecule is CCC(O)COC(c1c(F)cc(C(C)(C)O)cc1C=O)N(C)Cc1ccc(C)cn1.Cc1ccc(Cl)cc1. The summed E-state index contributed by atoms with van der Waals surface area (Å²) in [5, 5.41) is 21.0. The van der Waals surface area contributed by atoms with Gasteiger partial charge in [-0.3, -0.25) is 14.7 Å². The minimum absolute atomic E-state index is 0.0161. The van der Waals surface area contributed by atoms with Crippen molar-refractivity contribution in [3.8, 4) is 0 Å². The lowest BCUT2D eigenvalue weighted by molar-refractivity contribution is -0.0864. The topological polar surface area (TPSA) is 82.9 Å². The van der Waals surface area contributed by atoms with Crippen molar-refractivity contribution in [3.63, 3.8) is 0 Å². The number of aromatic nitrogens is 1. The molecule has 0 aliphatic heterocycles. The number of pyridine rings is 1. The van der Waals surface area contributed by atoms with Gasteiger partial charge in [0.25, 0.3) is 0 Å². The molecule has 0 amide bonds. The molecule has 2 unspecified atom stereocenters. The van der Waals surface area contributed by atoms with Gasteiger partial charge in [0.15, 0.2) is 6.29 Å². The first kappa shape index (κ1) is 31.5. The Kier molecular flexibility index (Phi) is 12.0. The van der Waals surface area contributed by atoms with Crippen LogP contribution in [0.4, 0.5) is 4.39 Å². The highest BCUT2D eigenvalue weighted by Crippen LogP contribution is 2.32. The van der Waals surface area contributed by atoms with Crippen molar-refractivity contribution in [3.05, 3.63) is 99.1 Å². The van der Waals surface area contributed by atoms with Gasteiger partial charge in [-0.1, -0.05) is 42.3 Å². The van der Waals surface area contributed by atoms with E-state index in [2.05, 4.69) is 4.98 Å². The molecule has 0 saturated heterocycles. The number of nitrogens with zero attached hydrogens (tertiary/aromatic N) is 2. The van der Waals surface area contributed by atoms with Crippen LogP contribution in [0.15, 0.2) is 54.7 Å². The van der Waals surface area contributed by atoms with Crippen molar-refractivity contribution in [2.45, 2.75) is 65.5 Å². The van der Waals surface area contributed by atoms with Gasteiger partial charge >= 0.3 is 0 Å². The number of carbonyl (C=O) groups excluding carboxylic acids is 1. The Bertz CT molecular complexity index is 1140. The summed E-state index contributed by atoms with van der Waals surface area (Å²) in [6, 6.07) is 14.2. The lowest BCUT2D eigenvalue weighted by Crippen LogP contribution is -2.31. The standard InChI is InChI=1S/C23H31FN2O4.C7H7Cl/c1-6-19(28)14-30-22(26(5)12-18-8-7-15(2)11-25-18)21-16(13-27)9-17(10-20(21)24)23(3,4)29;1-6-2-4-7(8)5-3-6/h7-11,13,19,22,28-29H,6,12,14H2,1-5H3;2-5H,1H3. The molecule has 0 aliphatic carbocycles. The van der Waals surface area contributed by atoms with Gasteiger partial charge in [0.2, 0.25) is 0 Å². The van der Waals surface area contributed by atoms with Gasteiger partial charge in [-0.15, -0.1) is 0 Å². The average Bonchev–Trinajstić information content (AvgIpc) is 2.87. The van der Waals surface area contributed by atoms with Crippen molar-refractivity contribution in [1.29, 1.82) is 0 Å². The Morgan fingerprint density at radius 2 is 1.76 bits per heavy atom. The van der Waals surface area contributed by atoms with Crippen LogP contribution in [0.25, 0.3) is 0 Å². The number of halogens is 2. The van der Waals surface area contributed by atoms with Crippen molar-refractivity contribution < 1.29 is 24.1 Å². The minimum atomic E-state index is -1.30. The van der Waals surface area contributed by atoms with Gasteiger partial charge in [0.05, 0.1) is 24.0 Å². The summed E-state index contributed by atoms with van der Waals surface area (Å²) in [5.74, 6) is -0.656. The van der Waals surface area contributed by atoms with Crippen LogP contribution in [0.5, 0.6) is 0 Å². The van der Waals surface area contributed by atoms with Crippen LogP contribution in [-0.4, -0.2) is 46.1 Å². The molecule has 6 nitrogen and oxygen atoms in total. The minimum Gasteiger partial charge on any atom is -0.391 e. The highest BCUT2D eigenvalue weighted by atomic mass is 35.5. The second-order valence-electron chi connectivity index (χ2n) is 9.92. The summed E-state index contributed by atoms with van der Waals surface area (Å²) < 4.78 is 21.1. The fourth-order valence-corrected chi connectivity index (χ4v) is 3.69. The summed E-state index contributed by atoms with van der Waals surface area (Å²) in [6.45, 7) is 9.17. The maximum atomic E-state index is 15.2. The van der Waals surface area contributed by atoms with Gasteiger partial charge in [0.1, 0.15) is 12.0 Å². The van der Waals surface area contributed by atoms with Crippen molar-refractivity contribution in [1.82, 2.24) is 9.88 Å². The number of ether oxygens (including phenoxy) is 1. The van der Waals surface area contributed by atoms with E-state index in [0.717, 1.165) is 16.3 Å². The molecular weight excluding hydrogens is 507 g/mol. The van der Waals surface area contributed by atoms with Crippen LogP contribution in [0, 0.1) is 19.7 Å². The zero-order valence-electron chi connectivity index (χ0n) is 22.9. The lowest BCUT2D eigenvalue weighted by Gasteiger charge is -2.31. The molecule has 1 heterocycles. The van der Waals surface area contributed by atoms with E-state index in [1.807, 2.05) is 57.2 Å². The quantitative estimate of drug-likeness (QED) is 0.236. The maximum Gasteiger partial charge on any atom is 0.150 e. The van der Waals surface area contributed by atoms with E-state index >= 15 is 4.39 Å². The lowest BCUT2D eigenvalue weighted by atomic mass is 9.93. The van der Waals surface area contributed by atoms with Gasteiger partial charge in [-0.05, 0) is 82.6 Å². The number of aryl methyl sites for hydroxylation is 2. The normalized spacial score (nSPS) is 13.0. The number of aliphatic hydroxyl groups excluding tert-OH is 1. The highest BCUT2D eigenvalue weighted by molar-refractivity contribution is 6.30. The Hall–Kier alpha value is -2.68. The number of hydrogen-bond donors (Lipinski definition) is 2. The molecule has 3 rings (SSSR count). The van der Waals surface area contributed by atoms with E-state index in [1.54, 1.807) is 18.1 Å². The zero-order valence-corrected chi connectivity index (χ0v) is 23.7. The molecule has 3 aromatic rings.